The van der Waals surface area contributed by atoms with E-state index in [4.69, 9.17) is 34.2 Å². The van der Waals surface area contributed by atoms with Crippen molar-refractivity contribution in [2.24, 2.45) is 11.1 Å². The molecule has 0 aliphatic rings. The summed E-state index contributed by atoms with van der Waals surface area (Å²) in [7, 11) is 0. The Labute approximate surface area is 243 Å². The van der Waals surface area contributed by atoms with Crippen LogP contribution in [0.25, 0.3) is 0 Å². The van der Waals surface area contributed by atoms with E-state index in [-0.39, 0.29) is 30.5 Å². The minimum absolute atomic E-state index is 0.00925. The van der Waals surface area contributed by atoms with Gasteiger partial charge in [-0.3, -0.25) is 9.59 Å². The summed E-state index contributed by atoms with van der Waals surface area (Å²) in [5, 5.41) is 0. The van der Waals surface area contributed by atoms with E-state index in [0.717, 1.165) is 0 Å². The molecule has 1 aromatic rings. The Morgan fingerprint density at radius 2 is 1.32 bits per heavy atom. The van der Waals surface area contributed by atoms with Gasteiger partial charge in [-0.1, -0.05) is 26.8 Å². The summed E-state index contributed by atoms with van der Waals surface area (Å²) < 4.78 is 32.0. The topological polar surface area (TPSA) is 150 Å². The molecule has 0 spiro atoms. The highest BCUT2D eigenvalue weighted by Crippen LogP contribution is 2.31. The van der Waals surface area contributed by atoms with Crippen molar-refractivity contribution in [3.8, 4) is 11.5 Å². The molecule has 0 unspecified atom stereocenters. The van der Waals surface area contributed by atoms with Gasteiger partial charge in [-0.05, 0) is 91.8 Å². The largest absolute Gasteiger partial charge is 0.514 e. The Morgan fingerprint density at radius 1 is 0.805 bits per heavy atom. The zero-order valence-electron chi connectivity index (χ0n) is 26.1. The minimum atomic E-state index is -1.08. The van der Waals surface area contributed by atoms with Crippen LogP contribution in [0.15, 0.2) is 18.2 Å². The van der Waals surface area contributed by atoms with Crippen LogP contribution in [0, 0.1) is 5.41 Å². The van der Waals surface area contributed by atoms with E-state index in [1.165, 1.54) is 12.1 Å². The highest BCUT2D eigenvalue weighted by Gasteiger charge is 2.30. The molecule has 0 aromatic heterocycles. The van der Waals surface area contributed by atoms with Gasteiger partial charge in [-0.2, -0.15) is 0 Å². The molecular weight excluding hydrogens is 534 g/mol. The van der Waals surface area contributed by atoms with Crippen molar-refractivity contribution in [3.05, 3.63) is 23.8 Å². The summed E-state index contributed by atoms with van der Waals surface area (Å²) in [6.07, 6.45) is -0.936. The number of nitrogens with two attached hydrogens (primary N) is 1. The van der Waals surface area contributed by atoms with Crippen molar-refractivity contribution in [3.63, 3.8) is 0 Å². The van der Waals surface area contributed by atoms with E-state index in [0.29, 0.717) is 24.8 Å². The van der Waals surface area contributed by atoms with Crippen LogP contribution in [0.5, 0.6) is 11.5 Å². The minimum Gasteiger partial charge on any atom is -0.461 e. The third kappa shape index (κ3) is 12.4. The van der Waals surface area contributed by atoms with E-state index in [2.05, 4.69) is 0 Å². The van der Waals surface area contributed by atoms with Crippen molar-refractivity contribution < 1.29 is 47.6 Å². The maximum atomic E-state index is 12.5. The molecule has 0 radical (unpaired) electrons. The fourth-order valence-electron chi connectivity index (χ4n) is 2.82. The van der Waals surface area contributed by atoms with Gasteiger partial charge in [-0.15, -0.1) is 0 Å². The number of ether oxygens (including phenoxy) is 6. The van der Waals surface area contributed by atoms with Gasteiger partial charge >= 0.3 is 24.2 Å². The van der Waals surface area contributed by atoms with Crippen LogP contribution in [-0.2, 0) is 35.0 Å². The Balaban J connectivity index is 2.99. The molecule has 1 aromatic carbocycles. The zero-order valence-corrected chi connectivity index (χ0v) is 26.1. The SMILES string of the molecule is CCC(C)(C)OC(=O)Oc1ccc(C[C@H](N)C(=O)OC[C@H](C)OC(=O)C(C)(C)CC)cc1OC(=O)OC(C)(C)CC. The number of esters is 2. The zero-order chi connectivity index (χ0) is 31.6. The van der Waals surface area contributed by atoms with Gasteiger partial charge in [0.15, 0.2) is 11.5 Å². The van der Waals surface area contributed by atoms with E-state index >= 15 is 0 Å². The van der Waals surface area contributed by atoms with Crippen LogP contribution in [0.2, 0.25) is 0 Å². The van der Waals surface area contributed by atoms with Crippen LogP contribution >= 0.6 is 0 Å². The van der Waals surface area contributed by atoms with Crippen LogP contribution in [0.1, 0.15) is 94.1 Å². The second kappa shape index (κ2) is 15.0. The number of carbonyl (C=O) groups is 4. The summed E-state index contributed by atoms with van der Waals surface area (Å²) in [4.78, 5) is 49.7. The van der Waals surface area contributed by atoms with Crippen molar-refractivity contribution in [1.29, 1.82) is 0 Å². The molecule has 0 bridgehead atoms. The van der Waals surface area contributed by atoms with Crippen LogP contribution in [0.4, 0.5) is 9.59 Å². The smallest absolute Gasteiger partial charge is 0.461 e. The Bertz CT molecular complexity index is 1060. The summed E-state index contributed by atoms with van der Waals surface area (Å²) >= 11 is 0. The monoisotopic (exact) mass is 581 g/mol. The molecule has 0 heterocycles. The summed E-state index contributed by atoms with van der Waals surface area (Å²) in [6, 6.07) is 3.30. The third-order valence-electron chi connectivity index (χ3n) is 6.78. The normalized spacial score (nSPS) is 13.4. The lowest BCUT2D eigenvalue weighted by molar-refractivity contribution is -0.166. The highest BCUT2D eigenvalue weighted by molar-refractivity contribution is 5.77. The van der Waals surface area contributed by atoms with Gasteiger partial charge < -0.3 is 34.2 Å². The molecule has 41 heavy (non-hydrogen) atoms. The van der Waals surface area contributed by atoms with Crippen molar-refractivity contribution in [1.82, 2.24) is 0 Å². The maximum absolute atomic E-state index is 12.5. The molecule has 0 aliphatic heterocycles. The van der Waals surface area contributed by atoms with Crippen LogP contribution in [-0.4, -0.2) is 54.2 Å². The summed E-state index contributed by atoms with van der Waals surface area (Å²) in [6.45, 7) is 17.5. The van der Waals surface area contributed by atoms with Gasteiger partial charge in [0, 0.05) is 0 Å². The molecule has 0 fully saturated rings. The Kier molecular flexibility index (Phi) is 13.1. The lowest BCUT2D eigenvalue weighted by Gasteiger charge is -2.24. The maximum Gasteiger partial charge on any atom is 0.514 e. The predicted molar refractivity (Wildman–Crippen MR) is 152 cm³/mol. The van der Waals surface area contributed by atoms with E-state index in [9.17, 15) is 19.2 Å². The first kappa shape index (κ1) is 35.7. The summed E-state index contributed by atoms with van der Waals surface area (Å²) in [5.74, 6) is -1.30. The second-order valence-electron chi connectivity index (χ2n) is 11.8. The fraction of sp³-hybridized carbons (Fsp3) is 0.667. The molecular formula is C30H47NO10. The molecule has 0 amide bonds. The highest BCUT2D eigenvalue weighted by atomic mass is 16.8. The first-order valence-electron chi connectivity index (χ1n) is 13.9. The number of benzene rings is 1. The van der Waals surface area contributed by atoms with Gasteiger partial charge in [0.2, 0.25) is 0 Å². The third-order valence-corrected chi connectivity index (χ3v) is 6.78. The second-order valence-corrected chi connectivity index (χ2v) is 11.8. The summed E-state index contributed by atoms with van der Waals surface area (Å²) in [5.41, 5.74) is 4.35. The first-order valence-corrected chi connectivity index (χ1v) is 13.9. The molecule has 0 saturated carbocycles. The molecule has 1 rings (SSSR count). The number of rotatable bonds is 14. The van der Waals surface area contributed by atoms with Gasteiger partial charge in [0.05, 0.1) is 5.41 Å². The average molecular weight is 582 g/mol. The molecule has 232 valence electrons. The molecule has 2 atom stereocenters. The van der Waals surface area contributed by atoms with Crippen molar-refractivity contribution in [2.75, 3.05) is 6.61 Å². The predicted octanol–water partition coefficient (Wildman–Crippen LogP) is 5.88. The lowest BCUT2D eigenvalue weighted by atomic mass is 9.91. The lowest BCUT2D eigenvalue weighted by Crippen LogP contribution is -2.37. The molecule has 11 nitrogen and oxygen atoms in total. The van der Waals surface area contributed by atoms with Gasteiger partial charge in [-0.25, -0.2) is 9.59 Å². The molecule has 0 saturated heterocycles. The van der Waals surface area contributed by atoms with Crippen molar-refractivity contribution >= 4 is 24.2 Å². The van der Waals surface area contributed by atoms with E-state index in [1.807, 2.05) is 20.8 Å². The number of hydrogen-bond acceptors (Lipinski definition) is 11. The van der Waals surface area contributed by atoms with Crippen molar-refractivity contribution in [2.45, 2.75) is 118 Å². The average Bonchev–Trinajstić information content (AvgIpc) is 2.87. The standard InChI is InChI=1S/C30H47NO10/c1-11-28(5,6)25(33)37-19(4)18-36-24(32)21(31)16-20-14-15-22(38-26(34)40-29(7,8)12-2)23(17-20)39-27(35)41-30(9,10)13-3/h14-15,17,19,21H,11-13,16,18,31H2,1-10H3/t19-,21-/m0/s1. The number of hydrogen-bond donors (Lipinski definition) is 1. The molecule has 11 heteroatoms. The quantitative estimate of drug-likeness (QED) is 0.159. The van der Waals surface area contributed by atoms with Crippen LogP contribution in [0.3, 0.4) is 0 Å². The van der Waals surface area contributed by atoms with Gasteiger partial charge in [0.25, 0.3) is 0 Å². The Morgan fingerprint density at radius 3 is 1.80 bits per heavy atom. The first-order chi connectivity index (χ1) is 18.8. The fourth-order valence-corrected chi connectivity index (χ4v) is 2.82. The Hall–Kier alpha value is -3.34. The van der Waals surface area contributed by atoms with Gasteiger partial charge in [0.1, 0.15) is 30.0 Å². The molecule has 0 aliphatic carbocycles. The van der Waals surface area contributed by atoms with E-state index in [1.54, 1.807) is 54.5 Å². The number of carbonyl (C=O) groups excluding carboxylic acids is 4. The van der Waals surface area contributed by atoms with Crippen LogP contribution < -0.4 is 15.2 Å². The molecule has 2 N–H and O–H groups in total. The van der Waals surface area contributed by atoms with E-state index < -0.39 is 47.0 Å².